The number of nitrogens with zero attached hydrogens (tertiary/aromatic N) is 1. The average molecular weight is 375 g/mol. The first-order valence-electron chi connectivity index (χ1n) is 6.88. The van der Waals surface area contributed by atoms with Gasteiger partial charge < -0.3 is 10.6 Å². The molecule has 2 rings (SSSR count). The van der Waals surface area contributed by atoms with Crippen LogP contribution in [0.1, 0.15) is 12.8 Å². The molecular formula is C14H19BrN2O3S. The van der Waals surface area contributed by atoms with E-state index < -0.39 is 9.84 Å². The summed E-state index contributed by atoms with van der Waals surface area (Å²) in [6.07, 6.45) is 1.68. The fourth-order valence-corrected chi connectivity index (χ4v) is 4.05. The molecular weight excluding hydrogens is 356 g/mol. The Balaban J connectivity index is 1.95. The molecule has 21 heavy (non-hydrogen) atoms. The van der Waals surface area contributed by atoms with Gasteiger partial charge in [-0.2, -0.15) is 0 Å². The molecule has 0 aromatic heterocycles. The van der Waals surface area contributed by atoms with Crippen LogP contribution in [0.2, 0.25) is 0 Å². The summed E-state index contributed by atoms with van der Waals surface area (Å²) in [5.74, 6) is -0.398. The van der Waals surface area contributed by atoms with Crippen molar-refractivity contribution in [3.8, 4) is 0 Å². The zero-order valence-corrected chi connectivity index (χ0v) is 14.1. The second-order valence-corrected chi connectivity index (χ2v) is 8.34. The molecule has 1 aliphatic rings. The molecule has 1 aliphatic heterocycles. The van der Waals surface area contributed by atoms with E-state index in [4.69, 9.17) is 5.73 Å². The summed E-state index contributed by atoms with van der Waals surface area (Å²) >= 11 is 3.29. The molecule has 1 aromatic carbocycles. The molecule has 1 aromatic rings. The predicted molar refractivity (Wildman–Crippen MR) is 84.6 cm³/mol. The Hall–Kier alpha value is -0.920. The van der Waals surface area contributed by atoms with E-state index in [0.29, 0.717) is 18.0 Å². The fraction of sp³-hybridized carbons (Fsp3) is 0.500. The minimum atomic E-state index is -3.29. The Kier molecular flexibility index (Phi) is 5.40. The lowest BCUT2D eigenvalue weighted by Gasteiger charge is -2.30. The molecule has 0 saturated carbocycles. The number of hydrogen-bond acceptors (Lipinski definition) is 4. The summed E-state index contributed by atoms with van der Waals surface area (Å²) in [7, 11) is -3.29. The monoisotopic (exact) mass is 374 g/mol. The number of carbonyl (C=O) groups is 1. The molecule has 1 amide bonds. The van der Waals surface area contributed by atoms with Crippen molar-refractivity contribution in [2.45, 2.75) is 17.7 Å². The highest BCUT2D eigenvalue weighted by Gasteiger charge is 2.25. The van der Waals surface area contributed by atoms with E-state index in [9.17, 15) is 13.2 Å². The van der Waals surface area contributed by atoms with E-state index in [1.165, 1.54) is 0 Å². The third-order valence-electron chi connectivity index (χ3n) is 3.76. The number of likely N-dealkylation sites (tertiary alicyclic amines) is 1. The zero-order chi connectivity index (χ0) is 15.5. The number of benzene rings is 1. The first-order valence-corrected chi connectivity index (χ1v) is 9.33. The number of carbonyl (C=O) groups excluding carboxylic acids is 1. The van der Waals surface area contributed by atoms with E-state index >= 15 is 0 Å². The average Bonchev–Trinajstić information content (AvgIpc) is 2.46. The zero-order valence-electron chi connectivity index (χ0n) is 11.7. The number of piperidine rings is 1. The first-order chi connectivity index (χ1) is 9.88. The normalized spacial score (nSPS) is 20.3. The SMILES string of the molecule is NC(=O)[C@@H]1CCCN(CCS(=O)(=O)c2ccc(Br)cc2)C1. The number of primary amides is 1. The van der Waals surface area contributed by atoms with Crippen molar-refractivity contribution in [3.05, 3.63) is 28.7 Å². The van der Waals surface area contributed by atoms with Gasteiger partial charge in [0, 0.05) is 17.6 Å². The molecule has 0 unspecified atom stereocenters. The summed E-state index contributed by atoms with van der Waals surface area (Å²) in [5, 5.41) is 0. The minimum absolute atomic E-state index is 0.0557. The smallest absolute Gasteiger partial charge is 0.221 e. The van der Waals surface area contributed by atoms with Gasteiger partial charge in [-0.05, 0) is 43.7 Å². The van der Waals surface area contributed by atoms with Gasteiger partial charge in [0.1, 0.15) is 0 Å². The molecule has 7 heteroatoms. The molecule has 1 heterocycles. The fourth-order valence-electron chi connectivity index (χ4n) is 2.50. The number of rotatable bonds is 5. The number of halogens is 1. The van der Waals surface area contributed by atoms with Gasteiger partial charge in [-0.3, -0.25) is 4.79 Å². The molecule has 1 fully saturated rings. The summed E-state index contributed by atoms with van der Waals surface area (Å²) in [6, 6.07) is 6.64. The van der Waals surface area contributed by atoms with Gasteiger partial charge in [-0.1, -0.05) is 15.9 Å². The Labute approximate surface area is 133 Å². The standard InChI is InChI=1S/C14H19BrN2O3S/c15-12-3-5-13(6-4-12)21(19,20)9-8-17-7-1-2-11(10-17)14(16)18/h3-6,11H,1-2,7-10H2,(H2,16,18)/t11-/m1/s1. The van der Waals surface area contributed by atoms with Crippen LogP contribution in [-0.2, 0) is 14.6 Å². The van der Waals surface area contributed by atoms with Crippen LogP contribution < -0.4 is 5.73 Å². The van der Waals surface area contributed by atoms with Crippen molar-refractivity contribution >= 4 is 31.7 Å². The second-order valence-electron chi connectivity index (χ2n) is 5.31. The summed E-state index contributed by atoms with van der Waals surface area (Å²) in [5.41, 5.74) is 5.33. The van der Waals surface area contributed by atoms with Gasteiger partial charge in [0.15, 0.2) is 9.84 Å². The Morgan fingerprint density at radius 3 is 2.62 bits per heavy atom. The highest BCUT2D eigenvalue weighted by molar-refractivity contribution is 9.10. The summed E-state index contributed by atoms with van der Waals surface area (Å²) in [4.78, 5) is 13.6. The lowest BCUT2D eigenvalue weighted by atomic mass is 9.98. The number of hydrogen-bond donors (Lipinski definition) is 1. The third-order valence-corrected chi connectivity index (χ3v) is 6.00. The lowest BCUT2D eigenvalue weighted by Crippen LogP contribution is -2.42. The van der Waals surface area contributed by atoms with Crippen molar-refractivity contribution in [3.63, 3.8) is 0 Å². The van der Waals surface area contributed by atoms with Crippen LogP contribution in [-0.4, -0.2) is 44.6 Å². The van der Waals surface area contributed by atoms with Gasteiger partial charge >= 0.3 is 0 Å². The molecule has 116 valence electrons. The minimum Gasteiger partial charge on any atom is -0.369 e. The van der Waals surface area contributed by atoms with Gasteiger partial charge in [-0.25, -0.2) is 8.42 Å². The van der Waals surface area contributed by atoms with Crippen molar-refractivity contribution in [1.82, 2.24) is 4.90 Å². The quantitative estimate of drug-likeness (QED) is 0.844. The molecule has 2 N–H and O–H groups in total. The van der Waals surface area contributed by atoms with E-state index in [2.05, 4.69) is 15.9 Å². The van der Waals surface area contributed by atoms with E-state index in [1.807, 2.05) is 4.90 Å². The van der Waals surface area contributed by atoms with Gasteiger partial charge in [0.25, 0.3) is 0 Å². The van der Waals surface area contributed by atoms with Crippen LogP contribution in [0.25, 0.3) is 0 Å². The molecule has 0 spiro atoms. The van der Waals surface area contributed by atoms with Crippen molar-refractivity contribution in [1.29, 1.82) is 0 Å². The van der Waals surface area contributed by atoms with Gasteiger partial charge in [-0.15, -0.1) is 0 Å². The topological polar surface area (TPSA) is 80.5 Å². The Bertz CT molecular complexity index is 601. The highest BCUT2D eigenvalue weighted by atomic mass is 79.9. The number of nitrogens with two attached hydrogens (primary N) is 1. The maximum atomic E-state index is 12.3. The van der Waals surface area contributed by atoms with Crippen LogP contribution in [0.5, 0.6) is 0 Å². The Morgan fingerprint density at radius 1 is 1.33 bits per heavy atom. The van der Waals surface area contributed by atoms with Crippen LogP contribution in [0, 0.1) is 5.92 Å². The first kappa shape index (κ1) is 16.5. The molecule has 0 bridgehead atoms. The van der Waals surface area contributed by atoms with Crippen LogP contribution in [0.3, 0.4) is 0 Å². The maximum absolute atomic E-state index is 12.3. The third kappa shape index (κ3) is 4.52. The molecule has 0 radical (unpaired) electrons. The highest BCUT2D eigenvalue weighted by Crippen LogP contribution is 2.18. The lowest BCUT2D eigenvalue weighted by molar-refractivity contribution is -0.123. The number of sulfone groups is 1. The van der Waals surface area contributed by atoms with Crippen molar-refractivity contribution in [2.75, 3.05) is 25.4 Å². The van der Waals surface area contributed by atoms with E-state index in [1.54, 1.807) is 24.3 Å². The van der Waals surface area contributed by atoms with Gasteiger partial charge in [0.05, 0.1) is 16.6 Å². The molecule has 1 saturated heterocycles. The molecule has 5 nitrogen and oxygen atoms in total. The van der Waals surface area contributed by atoms with Crippen LogP contribution in [0.4, 0.5) is 0 Å². The van der Waals surface area contributed by atoms with Crippen molar-refractivity contribution in [2.24, 2.45) is 11.7 Å². The van der Waals surface area contributed by atoms with Crippen LogP contribution in [0.15, 0.2) is 33.6 Å². The van der Waals surface area contributed by atoms with E-state index in [-0.39, 0.29) is 17.6 Å². The van der Waals surface area contributed by atoms with Crippen LogP contribution >= 0.6 is 15.9 Å². The summed E-state index contributed by atoms with van der Waals surface area (Å²) < 4.78 is 25.4. The van der Waals surface area contributed by atoms with Gasteiger partial charge in [0.2, 0.25) is 5.91 Å². The number of amides is 1. The van der Waals surface area contributed by atoms with Crippen molar-refractivity contribution < 1.29 is 13.2 Å². The Morgan fingerprint density at radius 2 is 2.00 bits per heavy atom. The molecule has 0 aliphatic carbocycles. The predicted octanol–water partition coefficient (Wildman–Crippen LogP) is 1.42. The largest absolute Gasteiger partial charge is 0.369 e. The maximum Gasteiger partial charge on any atom is 0.221 e. The summed E-state index contributed by atoms with van der Waals surface area (Å²) in [6.45, 7) is 1.81. The second kappa shape index (κ2) is 6.89. The van der Waals surface area contributed by atoms with E-state index in [0.717, 1.165) is 23.9 Å². The molecule has 1 atom stereocenters.